The van der Waals surface area contributed by atoms with Gasteiger partial charge in [-0.05, 0) is 37.9 Å². The molecule has 1 saturated heterocycles. The van der Waals surface area contributed by atoms with Crippen molar-refractivity contribution in [2.24, 2.45) is 5.92 Å². The van der Waals surface area contributed by atoms with Gasteiger partial charge < -0.3 is 5.11 Å². The molecule has 108 valence electrons. The second kappa shape index (κ2) is 6.57. The van der Waals surface area contributed by atoms with Gasteiger partial charge in [0.05, 0.1) is 13.1 Å². The van der Waals surface area contributed by atoms with E-state index in [2.05, 4.69) is 0 Å². The Bertz CT molecular complexity index is 381. The van der Waals surface area contributed by atoms with Gasteiger partial charge in [0, 0.05) is 12.8 Å². The highest BCUT2D eigenvalue weighted by atomic mass is 32.1. The van der Waals surface area contributed by atoms with Gasteiger partial charge in [0.15, 0.2) is 6.04 Å². The predicted molar refractivity (Wildman–Crippen MR) is 78.0 cm³/mol. The molecule has 4 nitrogen and oxygen atoms in total. The molecule has 5 heteroatoms. The number of nitrogens with zero attached hydrogens (tertiary/aromatic N) is 1. The Morgan fingerprint density at radius 3 is 2.47 bits per heavy atom. The van der Waals surface area contributed by atoms with Crippen molar-refractivity contribution < 1.29 is 19.2 Å². The number of carboxylic acid groups (broad SMARTS) is 1. The molecular weight excluding hydrogens is 262 g/mol. The number of rotatable bonds is 5. The summed E-state index contributed by atoms with van der Waals surface area (Å²) >= 11 is 5.38. The first kappa shape index (κ1) is 16.2. The summed E-state index contributed by atoms with van der Waals surface area (Å²) < 4.78 is 0.177. The van der Waals surface area contributed by atoms with Gasteiger partial charge in [0.25, 0.3) is 0 Å². The number of thiocarbonyl (C=S) groups is 1. The summed E-state index contributed by atoms with van der Waals surface area (Å²) in [6.07, 6.45) is 2.86. The minimum Gasteiger partial charge on any atom is -0.477 e. The van der Waals surface area contributed by atoms with Crippen LogP contribution in [0.25, 0.3) is 0 Å². The fourth-order valence-electron chi connectivity index (χ4n) is 2.94. The Kier molecular flexibility index (Phi) is 5.62. The van der Waals surface area contributed by atoms with Crippen molar-refractivity contribution in [3.05, 3.63) is 0 Å². The molecule has 1 rings (SSSR count). The largest absolute Gasteiger partial charge is 0.477 e. The molecule has 0 amide bonds. The first-order valence-electron chi connectivity index (χ1n) is 7.02. The van der Waals surface area contributed by atoms with E-state index in [-0.39, 0.29) is 16.2 Å². The van der Waals surface area contributed by atoms with Crippen molar-refractivity contribution in [3.63, 3.8) is 0 Å². The van der Waals surface area contributed by atoms with E-state index in [0.29, 0.717) is 30.9 Å². The minimum atomic E-state index is -0.832. The fraction of sp³-hybridized carbons (Fsp3) is 0.786. The number of likely N-dealkylation sites (N-methyl/N-ethyl adjacent to an activating group) is 1. The SMILES string of the molecule is CC[N+]1(C(=S)C(=O)CC(C)C)CCCCC1C(=O)O. The lowest BCUT2D eigenvalue weighted by Gasteiger charge is -2.44. The number of carbonyl (C=O) groups excluding carboxylic acids is 1. The summed E-state index contributed by atoms with van der Waals surface area (Å²) in [7, 11) is 0. The molecule has 0 bridgehead atoms. The Labute approximate surface area is 120 Å². The highest BCUT2D eigenvalue weighted by Crippen LogP contribution is 2.28. The summed E-state index contributed by atoms with van der Waals surface area (Å²) in [5.74, 6) is -0.642. The quantitative estimate of drug-likeness (QED) is 0.623. The number of quaternary nitrogens is 1. The average Bonchev–Trinajstić information content (AvgIpc) is 2.36. The van der Waals surface area contributed by atoms with Crippen molar-refractivity contribution in [3.8, 4) is 0 Å². The van der Waals surface area contributed by atoms with E-state index in [0.717, 1.165) is 12.8 Å². The fourth-order valence-corrected chi connectivity index (χ4v) is 3.37. The highest BCUT2D eigenvalue weighted by molar-refractivity contribution is 7.81. The summed E-state index contributed by atoms with van der Waals surface area (Å²) in [6, 6.07) is -0.553. The normalized spacial score (nSPS) is 27.3. The molecular formula is C14H24NO3S+. The Hall–Kier alpha value is -0.810. The van der Waals surface area contributed by atoms with Crippen LogP contribution in [-0.2, 0) is 9.59 Å². The van der Waals surface area contributed by atoms with Crippen LogP contribution in [0.4, 0.5) is 0 Å². The van der Waals surface area contributed by atoms with Crippen LogP contribution in [0.1, 0.15) is 46.5 Å². The molecule has 0 aliphatic carbocycles. The number of hydrogen-bond donors (Lipinski definition) is 1. The number of ketones is 1. The van der Waals surface area contributed by atoms with Gasteiger partial charge in [-0.15, -0.1) is 0 Å². The Morgan fingerprint density at radius 1 is 1.37 bits per heavy atom. The van der Waals surface area contributed by atoms with Crippen molar-refractivity contribution in [2.45, 2.75) is 52.5 Å². The number of Topliss-reactive ketones (excluding diaryl/α,β-unsaturated/α-hetero) is 1. The highest BCUT2D eigenvalue weighted by Gasteiger charge is 2.48. The first-order chi connectivity index (χ1) is 8.85. The van der Waals surface area contributed by atoms with Gasteiger partial charge in [0.1, 0.15) is 0 Å². The van der Waals surface area contributed by atoms with E-state index >= 15 is 0 Å². The maximum absolute atomic E-state index is 12.2. The van der Waals surface area contributed by atoms with Gasteiger partial charge in [-0.25, -0.2) is 4.79 Å². The van der Waals surface area contributed by atoms with Crippen LogP contribution in [0.5, 0.6) is 0 Å². The third kappa shape index (κ3) is 3.39. The van der Waals surface area contributed by atoms with E-state index in [1.165, 1.54) is 0 Å². The lowest BCUT2D eigenvalue weighted by atomic mass is 9.96. The van der Waals surface area contributed by atoms with Gasteiger partial charge in [-0.3, -0.25) is 9.28 Å². The minimum absolute atomic E-state index is 0.0556. The van der Waals surface area contributed by atoms with Crippen LogP contribution in [0, 0.1) is 5.92 Å². The summed E-state index contributed by atoms with van der Waals surface area (Å²) in [5.41, 5.74) is 0. The molecule has 0 saturated carbocycles. The van der Waals surface area contributed by atoms with E-state index < -0.39 is 12.0 Å². The van der Waals surface area contributed by atoms with E-state index in [4.69, 9.17) is 12.2 Å². The third-order valence-electron chi connectivity index (χ3n) is 3.97. The standard InChI is InChI=1S/C14H23NO3S/c1-4-15(13(19)12(16)9-10(2)3)8-6-5-7-11(15)14(17)18/h10-11H,4-9H2,1-3H3/p+1. The molecule has 0 aromatic rings. The van der Waals surface area contributed by atoms with Crippen LogP contribution in [-0.4, -0.2) is 45.5 Å². The lowest BCUT2D eigenvalue weighted by molar-refractivity contribution is -0.858. The molecule has 0 radical (unpaired) electrons. The number of aliphatic carboxylic acids is 1. The molecule has 2 atom stereocenters. The van der Waals surface area contributed by atoms with Crippen molar-refractivity contribution in [1.82, 2.24) is 0 Å². The summed E-state index contributed by atoms with van der Waals surface area (Å²) in [5, 5.41) is 9.43. The van der Waals surface area contributed by atoms with E-state index in [1.807, 2.05) is 20.8 Å². The molecule has 1 aliphatic heterocycles. The summed E-state index contributed by atoms with van der Waals surface area (Å²) in [6.45, 7) is 7.13. The summed E-state index contributed by atoms with van der Waals surface area (Å²) in [4.78, 5) is 24.0. The zero-order valence-electron chi connectivity index (χ0n) is 12.0. The molecule has 0 aromatic carbocycles. The van der Waals surface area contributed by atoms with Gasteiger partial charge in [0.2, 0.25) is 10.8 Å². The van der Waals surface area contributed by atoms with Crippen molar-refractivity contribution in [2.75, 3.05) is 13.1 Å². The molecule has 1 N–H and O–H groups in total. The molecule has 0 aromatic heterocycles. The Balaban J connectivity index is 3.03. The smallest absolute Gasteiger partial charge is 0.363 e. The number of carboxylic acids is 1. The molecule has 1 fully saturated rings. The Morgan fingerprint density at radius 2 is 2.00 bits per heavy atom. The van der Waals surface area contributed by atoms with Crippen LogP contribution < -0.4 is 0 Å². The van der Waals surface area contributed by atoms with Gasteiger partial charge in [-0.2, -0.15) is 0 Å². The average molecular weight is 286 g/mol. The van der Waals surface area contributed by atoms with Gasteiger partial charge >= 0.3 is 5.97 Å². The first-order valence-corrected chi connectivity index (χ1v) is 7.43. The van der Waals surface area contributed by atoms with Crippen molar-refractivity contribution in [1.29, 1.82) is 0 Å². The molecule has 2 unspecified atom stereocenters. The zero-order valence-corrected chi connectivity index (χ0v) is 12.8. The zero-order chi connectivity index (χ0) is 14.6. The molecule has 0 spiro atoms. The van der Waals surface area contributed by atoms with Crippen LogP contribution in [0.2, 0.25) is 0 Å². The van der Waals surface area contributed by atoms with Crippen LogP contribution >= 0.6 is 12.2 Å². The number of likely N-dealkylation sites (tertiary alicyclic amines) is 1. The lowest BCUT2D eigenvalue weighted by Crippen LogP contribution is -2.65. The third-order valence-corrected chi connectivity index (χ3v) is 4.56. The molecule has 1 aliphatic rings. The predicted octanol–water partition coefficient (Wildman–Crippen LogP) is 2.40. The van der Waals surface area contributed by atoms with E-state index in [1.54, 1.807) is 0 Å². The monoisotopic (exact) mass is 286 g/mol. The number of piperidine rings is 1. The van der Waals surface area contributed by atoms with Crippen LogP contribution in [0.15, 0.2) is 0 Å². The molecule has 19 heavy (non-hydrogen) atoms. The number of carbonyl (C=O) groups is 2. The second-order valence-corrected chi connectivity index (χ2v) is 6.14. The van der Waals surface area contributed by atoms with E-state index in [9.17, 15) is 14.7 Å². The second-order valence-electron chi connectivity index (χ2n) is 5.75. The van der Waals surface area contributed by atoms with Crippen molar-refractivity contribution >= 4 is 29.0 Å². The van der Waals surface area contributed by atoms with Gasteiger partial charge in [-0.1, -0.05) is 13.8 Å². The maximum Gasteiger partial charge on any atom is 0.363 e. The maximum atomic E-state index is 12.2. The topological polar surface area (TPSA) is 54.4 Å². The van der Waals surface area contributed by atoms with Crippen LogP contribution in [0.3, 0.4) is 0 Å². The number of hydrogen-bond acceptors (Lipinski definition) is 3. The molecule has 1 heterocycles.